The van der Waals surface area contributed by atoms with Crippen LogP contribution in [0.4, 0.5) is 11.5 Å². The molecule has 2 aromatic carbocycles. The SMILES string of the molecule is c1ccc2c(c1)Sc1cccnc1N2CCCCCCN1CCN(Cc2ccc3c(c2)OCO3)CC1. The second-order valence-electron chi connectivity index (χ2n) is 9.77. The summed E-state index contributed by atoms with van der Waals surface area (Å²) in [7, 11) is 0. The van der Waals surface area contributed by atoms with Crippen LogP contribution in [0.2, 0.25) is 0 Å². The van der Waals surface area contributed by atoms with Gasteiger partial charge in [-0.1, -0.05) is 42.8 Å². The Morgan fingerprint density at radius 1 is 0.750 bits per heavy atom. The number of pyridine rings is 1. The summed E-state index contributed by atoms with van der Waals surface area (Å²) in [5.74, 6) is 2.86. The van der Waals surface area contributed by atoms with Gasteiger partial charge in [-0.2, -0.15) is 0 Å². The molecule has 4 heterocycles. The van der Waals surface area contributed by atoms with Crippen LogP contribution in [0.15, 0.2) is 70.6 Å². The van der Waals surface area contributed by atoms with Gasteiger partial charge in [-0.25, -0.2) is 4.98 Å². The lowest BCUT2D eigenvalue weighted by Gasteiger charge is -2.34. The lowest BCUT2D eigenvalue weighted by molar-refractivity contribution is 0.125. The lowest BCUT2D eigenvalue weighted by atomic mass is 10.1. The molecule has 1 aromatic heterocycles. The van der Waals surface area contributed by atoms with Crippen molar-refractivity contribution in [3.05, 3.63) is 66.4 Å². The molecule has 0 spiro atoms. The number of aromatic nitrogens is 1. The first-order chi connectivity index (χ1) is 17.8. The molecule has 6 rings (SSSR count). The maximum absolute atomic E-state index is 5.53. The summed E-state index contributed by atoms with van der Waals surface area (Å²) in [6.45, 7) is 8.16. The zero-order chi connectivity index (χ0) is 24.2. The number of fused-ring (bicyclic) bond motifs is 3. The first-order valence-corrected chi connectivity index (χ1v) is 14.0. The molecule has 1 fully saturated rings. The molecule has 3 aliphatic heterocycles. The van der Waals surface area contributed by atoms with Crippen molar-refractivity contribution < 1.29 is 9.47 Å². The maximum atomic E-state index is 5.53. The quantitative estimate of drug-likeness (QED) is 0.343. The smallest absolute Gasteiger partial charge is 0.231 e. The van der Waals surface area contributed by atoms with Crippen LogP contribution in [0.3, 0.4) is 0 Å². The molecular weight excluding hydrogens is 468 g/mol. The maximum Gasteiger partial charge on any atom is 0.231 e. The predicted molar refractivity (Wildman–Crippen MR) is 145 cm³/mol. The molecule has 188 valence electrons. The van der Waals surface area contributed by atoms with Gasteiger partial charge in [0.05, 0.1) is 10.6 Å². The van der Waals surface area contributed by atoms with Gasteiger partial charge in [0.15, 0.2) is 11.5 Å². The van der Waals surface area contributed by atoms with E-state index in [1.54, 1.807) is 0 Å². The van der Waals surface area contributed by atoms with E-state index in [1.165, 1.54) is 53.3 Å². The monoisotopic (exact) mass is 502 g/mol. The average molecular weight is 503 g/mol. The normalized spacial score (nSPS) is 17.2. The van der Waals surface area contributed by atoms with Gasteiger partial charge >= 0.3 is 0 Å². The number of nitrogens with zero attached hydrogens (tertiary/aromatic N) is 4. The Labute approximate surface area is 218 Å². The highest BCUT2D eigenvalue weighted by Crippen LogP contribution is 2.46. The van der Waals surface area contributed by atoms with E-state index in [-0.39, 0.29) is 0 Å². The van der Waals surface area contributed by atoms with Crippen molar-refractivity contribution in [2.45, 2.75) is 42.0 Å². The standard InChI is InChI=1S/C29H34N4O2S/c1(2-6-15-33-24-8-3-4-9-27(24)36-28-10-7-13-30-29(28)33)5-14-31-16-18-32(19-17-31)21-23-11-12-25-26(20-23)35-22-34-25/h3-4,7-13,20H,1-2,5-6,14-19,21-22H2. The summed E-state index contributed by atoms with van der Waals surface area (Å²) in [4.78, 5) is 14.9. The topological polar surface area (TPSA) is 41.1 Å². The fourth-order valence-corrected chi connectivity index (χ4v) is 6.38. The van der Waals surface area contributed by atoms with E-state index in [1.807, 2.05) is 30.1 Å². The van der Waals surface area contributed by atoms with Gasteiger partial charge in [-0.3, -0.25) is 4.90 Å². The van der Waals surface area contributed by atoms with Crippen molar-refractivity contribution in [1.29, 1.82) is 0 Å². The van der Waals surface area contributed by atoms with Gasteiger partial charge < -0.3 is 19.3 Å². The Kier molecular flexibility index (Phi) is 7.30. The molecule has 0 bridgehead atoms. The van der Waals surface area contributed by atoms with Crippen molar-refractivity contribution in [3.63, 3.8) is 0 Å². The Morgan fingerprint density at radius 2 is 1.53 bits per heavy atom. The van der Waals surface area contributed by atoms with E-state index < -0.39 is 0 Å². The van der Waals surface area contributed by atoms with Crippen LogP contribution >= 0.6 is 11.8 Å². The highest BCUT2D eigenvalue weighted by Gasteiger charge is 2.23. The van der Waals surface area contributed by atoms with Crippen LogP contribution < -0.4 is 14.4 Å². The van der Waals surface area contributed by atoms with Crippen molar-refractivity contribution >= 4 is 23.3 Å². The van der Waals surface area contributed by atoms with E-state index in [9.17, 15) is 0 Å². The number of benzene rings is 2. The third kappa shape index (κ3) is 5.33. The molecule has 0 aliphatic carbocycles. The van der Waals surface area contributed by atoms with Gasteiger partial charge in [0.2, 0.25) is 6.79 Å². The van der Waals surface area contributed by atoms with Crippen molar-refractivity contribution in [2.24, 2.45) is 0 Å². The molecule has 36 heavy (non-hydrogen) atoms. The van der Waals surface area contributed by atoms with Crippen LogP contribution in [0, 0.1) is 0 Å². The van der Waals surface area contributed by atoms with E-state index in [0.717, 1.165) is 56.6 Å². The number of para-hydroxylation sites is 1. The summed E-state index contributed by atoms with van der Waals surface area (Å²) >= 11 is 1.83. The highest BCUT2D eigenvalue weighted by molar-refractivity contribution is 7.99. The number of unbranched alkanes of at least 4 members (excludes halogenated alkanes) is 3. The van der Waals surface area contributed by atoms with Gasteiger partial charge in [0, 0.05) is 50.4 Å². The molecule has 3 aliphatic rings. The molecule has 0 N–H and O–H groups in total. The summed E-state index contributed by atoms with van der Waals surface area (Å²) < 4.78 is 11.0. The molecule has 1 saturated heterocycles. The molecule has 6 nitrogen and oxygen atoms in total. The third-order valence-electron chi connectivity index (χ3n) is 7.30. The number of rotatable bonds is 9. The number of anilines is 2. The zero-order valence-electron chi connectivity index (χ0n) is 20.8. The highest BCUT2D eigenvalue weighted by atomic mass is 32.2. The first-order valence-electron chi connectivity index (χ1n) is 13.2. The summed E-state index contributed by atoms with van der Waals surface area (Å²) in [6.07, 6.45) is 6.94. The molecule has 0 atom stereocenters. The Bertz CT molecular complexity index is 1140. The fourth-order valence-electron chi connectivity index (χ4n) is 5.32. The van der Waals surface area contributed by atoms with E-state index in [4.69, 9.17) is 14.5 Å². The minimum absolute atomic E-state index is 0.341. The van der Waals surface area contributed by atoms with Crippen LogP contribution in [0.5, 0.6) is 11.5 Å². The zero-order valence-corrected chi connectivity index (χ0v) is 21.6. The Morgan fingerprint density at radius 3 is 2.44 bits per heavy atom. The van der Waals surface area contributed by atoms with Gasteiger partial charge in [-0.05, 0) is 61.3 Å². The van der Waals surface area contributed by atoms with Gasteiger partial charge in [0.25, 0.3) is 0 Å². The minimum Gasteiger partial charge on any atom is -0.454 e. The third-order valence-corrected chi connectivity index (χ3v) is 8.40. The van der Waals surface area contributed by atoms with Crippen LogP contribution in [-0.2, 0) is 6.54 Å². The minimum atomic E-state index is 0.341. The van der Waals surface area contributed by atoms with Crippen LogP contribution in [0.1, 0.15) is 31.2 Å². The van der Waals surface area contributed by atoms with E-state index in [0.29, 0.717) is 6.79 Å². The van der Waals surface area contributed by atoms with Crippen LogP contribution in [0.25, 0.3) is 0 Å². The Hall–Kier alpha value is -2.74. The van der Waals surface area contributed by atoms with E-state index >= 15 is 0 Å². The molecule has 0 unspecified atom stereocenters. The second kappa shape index (κ2) is 11.1. The van der Waals surface area contributed by atoms with Gasteiger partial charge in [-0.15, -0.1) is 0 Å². The summed E-state index contributed by atoms with van der Waals surface area (Å²) in [5, 5.41) is 0. The predicted octanol–water partition coefficient (Wildman–Crippen LogP) is 5.79. The van der Waals surface area contributed by atoms with Crippen molar-refractivity contribution in [1.82, 2.24) is 14.8 Å². The second-order valence-corrected chi connectivity index (χ2v) is 10.8. The number of hydrogen-bond donors (Lipinski definition) is 0. The molecule has 7 heteroatoms. The molecule has 0 amide bonds. The molecular formula is C29H34N4O2S. The summed E-state index contributed by atoms with van der Waals surface area (Å²) in [5.41, 5.74) is 2.60. The van der Waals surface area contributed by atoms with Gasteiger partial charge in [0.1, 0.15) is 5.82 Å². The van der Waals surface area contributed by atoms with Crippen molar-refractivity contribution in [2.75, 3.05) is 51.0 Å². The molecule has 0 radical (unpaired) electrons. The number of piperazine rings is 1. The number of ether oxygens (including phenoxy) is 2. The first kappa shape index (κ1) is 23.6. The molecule has 3 aromatic rings. The largest absolute Gasteiger partial charge is 0.454 e. The van der Waals surface area contributed by atoms with Crippen LogP contribution in [-0.4, -0.2) is 60.8 Å². The van der Waals surface area contributed by atoms with Crippen molar-refractivity contribution in [3.8, 4) is 11.5 Å². The summed E-state index contributed by atoms with van der Waals surface area (Å²) in [6, 6.07) is 19.3. The average Bonchev–Trinajstić information content (AvgIpc) is 3.39. The lowest BCUT2D eigenvalue weighted by Crippen LogP contribution is -2.46. The fraction of sp³-hybridized carbons (Fsp3) is 0.414. The van der Waals surface area contributed by atoms with E-state index in [2.05, 4.69) is 57.2 Å². The molecule has 0 saturated carbocycles. The number of hydrogen-bond acceptors (Lipinski definition) is 7. The Balaban J connectivity index is 0.906.